The molecule has 2 heterocycles. The van der Waals surface area contributed by atoms with Crippen LogP contribution in [-0.4, -0.2) is 0 Å². The van der Waals surface area contributed by atoms with E-state index in [0.717, 1.165) is 0 Å². The maximum absolute atomic E-state index is 2.43. The van der Waals surface area contributed by atoms with Crippen molar-refractivity contribution in [1.29, 1.82) is 0 Å². The molecule has 0 bridgehead atoms. The number of fused-ring (bicyclic) bond motifs is 9. The predicted molar refractivity (Wildman–Crippen MR) is 221 cm³/mol. The van der Waals surface area contributed by atoms with E-state index in [0.29, 0.717) is 0 Å². The van der Waals surface area contributed by atoms with E-state index in [2.05, 4.69) is 170 Å². The van der Waals surface area contributed by atoms with E-state index < -0.39 is 0 Å². The van der Waals surface area contributed by atoms with E-state index in [1.165, 1.54) is 106 Å². The summed E-state index contributed by atoms with van der Waals surface area (Å²) in [7, 11) is 0. The second-order valence-electron chi connectivity index (χ2n) is 13.2. The SMILES string of the molecule is c1cc(-c2ccc3ccccc3c2)cc(-c2c3ccccc3c(-c3ccc4c(c3)sc3cc5sc6ccccc6c5cc34)c3ccccc23)c1. The number of hydrogen-bond donors (Lipinski definition) is 0. The van der Waals surface area contributed by atoms with Crippen molar-refractivity contribution in [3.8, 4) is 33.4 Å². The molecule has 0 radical (unpaired) electrons. The van der Waals surface area contributed by atoms with Gasteiger partial charge in [-0.3, -0.25) is 0 Å². The first kappa shape index (κ1) is 28.1. The minimum absolute atomic E-state index is 1.23. The lowest BCUT2D eigenvalue weighted by Gasteiger charge is -2.18. The minimum atomic E-state index is 1.23. The third kappa shape index (κ3) is 4.23. The fourth-order valence-corrected chi connectivity index (χ4v) is 10.5. The van der Waals surface area contributed by atoms with E-state index in [4.69, 9.17) is 0 Å². The van der Waals surface area contributed by atoms with E-state index >= 15 is 0 Å². The summed E-state index contributed by atoms with van der Waals surface area (Å²) in [6.45, 7) is 0. The van der Waals surface area contributed by atoms with Gasteiger partial charge in [-0.2, -0.15) is 0 Å². The van der Waals surface area contributed by atoms with Crippen molar-refractivity contribution < 1.29 is 0 Å². The summed E-state index contributed by atoms with van der Waals surface area (Å²) >= 11 is 3.81. The second kappa shape index (κ2) is 10.9. The normalized spacial score (nSPS) is 12.0. The molecule has 0 amide bonds. The summed E-state index contributed by atoms with van der Waals surface area (Å²) in [5.74, 6) is 0. The largest absolute Gasteiger partial charge is 0.135 e. The highest BCUT2D eigenvalue weighted by Gasteiger charge is 2.18. The molecule has 9 aromatic carbocycles. The fourth-order valence-electron chi connectivity index (χ4n) is 8.12. The van der Waals surface area contributed by atoms with Crippen LogP contribution in [0.5, 0.6) is 0 Å². The molecule has 0 nitrogen and oxygen atoms in total. The molecule has 0 unspecified atom stereocenters. The standard InChI is InChI=1S/C48H28S2/c1-2-11-30-24-32(21-20-29(30)10-1)31-12-9-13-33(25-31)47-37-15-3-5-17-39(37)48(40-18-6-4-16-38(40)47)34-22-23-36-42-27-41-35-14-7-8-19-43(35)49-45(41)28-46(42)50-44(36)26-34/h1-28H. The van der Waals surface area contributed by atoms with Gasteiger partial charge in [0.1, 0.15) is 0 Å². The van der Waals surface area contributed by atoms with Crippen LogP contribution < -0.4 is 0 Å². The van der Waals surface area contributed by atoms with Crippen LogP contribution in [0, 0.1) is 0 Å². The molecule has 0 aliphatic rings. The summed E-state index contributed by atoms with van der Waals surface area (Å²) in [6.07, 6.45) is 0. The molecule has 0 spiro atoms. The second-order valence-corrected chi connectivity index (χ2v) is 15.4. The van der Waals surface area contributed by atoms with Gasteiger partial charge in [-0.1, -0.05) is 133 Å². The Labute approximate surface area is 297 Å². The Hall–Kier alpha value is -5.80. The minimum Gasteiger partial charge on any atom is -0.135 e. The highest BCUT2D eigenvalue weighted by atomic mass is 32.1. The summed E-state index contributed by atoms with van der Waals surface area (Å²) < 4.78 is 5.41. The maximum Gasteiger partial charge on any atom is 0.0369 e. The van der Waals surface area contributed by atoms with Crippen LogP contribution in [-0.2, 0) is 0 Å². The van der Waals surface area contributed by atoms with Crippen molar-refractivity contribution in [1.82, 2.24) is 0 Å². The molecule has 232 valence electrons. The van der Waals surface area contributed by atoms with Crippen molar-refractivity contribution in [2.75, 3.05) is 0 Å². The Bertz CT molecular complexity index is 3100. The highest BCUT2D eigenvalue weighted by molar-refractivity contribution is 7.28. The van der Waals surface area contributed by atoms with Crippen molar-refractivity contribution >= 4 is 95.3 Å². The topological polar surface area (TPSA) is 0 Å². The average Bonchev–Trinajstić information content (AvgIpc) is 3.72. The van der Waals surface area contributed by atoms with Crippen molar-refractivity contribution in [2.45, 2.75) is 0 Å². The molecule has 50 heavy (non-hydrogen) atoms. The maximum atomic E-state index is 2.43. The van der Waals surface area contributed by atoms with E-state index in [1.54, 1.807) is 0 Å². The highest BCUT2D eigenvalue weighted by Crippen LogP contribution is 2.47. The number of benzene rings is 9. The third-order valence-corrected chi connectivity index (χ3v) is 12.7. The summed E-state index contributed by atoms with van der Waals surface area (Å²) in [5.41, 5.74) is 7.56. The molecular weight excluding hydrogens is 641 g/mol. The average molecular weight is 669 g/mol. The van der Waals surface area contributed by atoms with Crippen LogP contribution in [0.1, 0.15) is 0 Å². The Balaban J connectivity index is 1.11. The van der Waals surface area contributed by atoms with Crippen LogP contribution in [0.15, 0.2) is 170 Å². The van der Waals surface area contributed by atoms with Crippen LogP contribution in [0.3, 0.4) is 0 Å². The van der Waals surface area contributed by atoms with Crippen LogP contribution >= 0.6 is 22.7 Å². The van der Waals surface area contributed by atoms with Gasteiger partial charge >= 0.3 is 0 Å². The monoisotopic (exact) mass is 668 g/mol. The first-order valence-electron chi connectivity index (χ1n) is 17.1. The van der Waals surface area contributed by atoms with E-state index in [9.17, 15) is 0 Å². The summed E-state index contributed by atoms with van der Waals surface area (Å²) in [5, 5.41) is 13.0. The van der Waals surface area contributed by atoms with Crippen LogP contribution in [0.25, 0.3) is 106 Å². The van der Waals surface area contributed by atoms with Crippen molar-refractivity contribution in [2.24, 2.45) is 0 Å². The Morgan fingerprint density at radius 1 is 0.240 bits per heavy atom. The third-order valence-electron chi connectivity index (χ3n) is 10.4. The predicted octanol–water partition coefficient (Wildman–Crippen LogP) is 14.9. The molecule has 0 aliphatic carbocycles. The quantitative estimate of drug-likeness (QED) is 0.164. The molecule has 0 atom stereocenters. The van der Waals surface area contributed by atoms with Crippen LogP contribution in [0.4, 0.5) is 0 Å². The van der Waals surface area contributed by atoms with Gasteiger partial charge in [0.25, 0.3) is 0 Å². The number of thiophene rings is 2. The van der Waals surface area contributed by atoms with Gasteiger partial charge in [0.2, 0.25) is 0 Å². The zero-order chi connectivity index (χ0) is 32.8. The molecule has 0 N–H and O–H groups in total. The number of rotatable bonds is 3. The molecule has 0 aliphatic heterocycles. The van der Waals surface area contributed by atoms with Gasteiger partial charge in [-0.25, -0.2) is 0 Å². The lowest BCUT2D eigenvalue weighted by atomic mass is 9.85. The van der Waals surface area contributed by atoms with E-state index in [1.807, 2.05) is 22.7 Å². The van der Waals surface area contributed by atoms with Crippen molar-refractivity contribution in [3.63, 3.8) is 0 Å². The molecule has 0 fully saturated rings. The van der Waals surface area contributed by atoms with Crippen LogP contribution in [0.2, 0.25) is 0 Å². The first-order chi connectivity index (χ1) is 24.8. The van der Waals surface area contributed by atoms with E-state index in [-0.39, 0.29) is 0 Å². The van der Waals surface area contributed by atoms with Crippen molar-refractivity contribution in [3.05, 3.63) is 170 Å². The first-order valence-corrected chi connectivity index (χ1v) is 18.7. The lowest BCUT2D eigenvalue weighted by molar-refractivity contribution is 1.63. The fraction of sp³-hybridized carbons (Fsp3) is 0. The zero-order valence-corrected chi connectivity index (χ0v) is 28.6. The molecule has 11 aromatic rings. The Morgan fingerprint density at radius 3 is 1.46 bits per heavy atom. The van der Waals surface area contributed by atoms with Gasteiger partial charge in [0.15, 0.2) is 0 Å². The summed E-state index contributed by atoms with van der Waals surface area (Å²) in [4.78, 5) is 0. The van der Waals surface area contributed by atoms with Gasteiger partial charge in [-0.15, -0.1) is 22.7 Å². The number of hydrogen-bond acceptors (Lipinski definition) is 2. The zero-order valence-electron chi connectivity index (χ0n) is 27.0. The molecule has 0 saturated heterocycles. The lowest BCUT2D eigenvalue weighted by Crippen LogP contribution is -1.91. The Kier molecular flexibility index (Phi) is 6.09. The molecular formula is C48H28S2. The Morgan fingerprint density at radius 2 is 0.740 bits per heavy atom. The smallest absolute Gasteiger partial charge is 0.0369 e. The molecule has 2 aromatic heterocycles. The van der Waals surface area contributed by atoms with Gasteiger partial charge < -0.3 is 0 Å². The summed E-state index contributed by atoms with van der Waals surface area (Å²) in [6, 6.07) is 63.2. The van der Waals surface area contributed by atoms with Gasteiger partial charge in [0, 0.05) is 40.3 Å². The molecule has 11 rings (SSSR count). The van der Waals surface area contributed by atoms with Gasteiger partial charge in [-0.05, 0) is 102 Å². The molecule has 2 heteroatoms. The molecule has 0 saturated carbocycles. The van der Waals surface area contributed by atoms with Gasteiger partial charge in [0.05, 0.1) is 0 Å².